The standard InChI is InChI=1S/C11H13F3N4/c1-7-6-9(17-10(15)16-7)18-4-2-8(3-5-18)11(12,13)14/h2,6H,3-5H2,1H3,(H2,15,16,17). The number of anilines is 2. The van der Waals surface area contributed by atoms with Gasteiger partial charge in [0.1, 0.15) is 5.82 Å². The van der Waals surface area contributed by atoms with Gasteiger partial charge in [-0.1, -0.05) is 6.08 Å². The topological polar surface area (TPSA) is 55.0 Å². The summed E-state index contributed by atoms with van der Waals surface area (Å²) in [5.74, 6) is 0.702. The molecule has 18 heavy (non-hydrogen) atoms. The molecule has 0 saturated carbocycles. The van der Waals surface area contributed by atoms with Crippen molar-refractivity contribution in [2.45, 2.75) is 19.5 Å². The second-order valence-electron chi connectivity index (χ2n) is 4.15. The van der Waals surface area contributed by atoms with Gasteiger partial charge < -0.3 is 10.6 Å². The van der Waals surface area contributed by atoms with E-state index in [9.17, 15) is 13.2 Å². The largest absolute Gasteiger partial charge is 0.412 e. The first kappa shape index (κ1) is 12.7. The van der Waals surface area contributed by atoms with Crippen LogP contribution in [0.25, 0.3) is 0 Å². The van der Waals surface area contributed by atoms with Gasteiger partial charge in [0.25, 0.3) is 0 Å². The van der Waals surface area contributed by atoms with Crippen LogP contribution in [0.5, 0.6) is 0 Å². The smallest absolute Gasteiger partial charge is 0.368 e. The number of hydrogen-bond donors (Lipinski definition) is 1. The van der Waals surface area contributed by atoms with Gasteiger partial charge in [0.2, 0.25) is 5.95 Å². The zero-order valence-corrected chi connectivity index (χ0v) is 9.83. The fraction of sp³-hybridized carbons (Fsp3) is 0.455. The van der Waals surface area contributed by atoms with E-state index >= 15 is 0 Å². The van der Waals surface area contributed by atoms with Crippen LogP contribution in [0.2, 0.25) is 0 Å². The molecular formula is C11H13F3N4. The molecule has 1 aliphatic heterocycles. The molecule has 2 heterocycles. The lowest BCUT2D eigenvalue weighted by atomic mass is 10.1. The highest BCUT2D eigenvalue weighted by Gasteiger charge is 2.34. The molecular weight excluding hydrogens is 245 g/mol. The average Bonchev–Trinajstić information content (AvgIpc) is 2.27. The zero-order chi connectivity index (χ0) is 13.3. The summed E-state index contributed by atoms with van der Waals surface area (Å²) in [4.78, 5) is 9.71. The fourth-order valence-electron chi connectivity index (χ4n) is 1.87. The first-order chi connectivity index (χ1) is 8.36. The number of aromatic nitrogens is 2. The van der Waals surface area contributed by atoms with E-state index in [1.54, 1.807) is 17.9 Å². The van der Waals surface area contributed by atoms with Gasteiger partial charge in [0.05, 0.1) is 0 Å². The van der Waals surface area contributed by atoms with Crippen LogP contribution in [-0.2, 0) is 0 Å². The molecule has 98 valence electrons. The first-order valence-electron chi connectivity index (χ1n) is 5.48. The molecule has 0 aromatic carbocycles. The van der Waals surface area contributed by atoms with E-state index < -0.39 is 11.7 Å². The summed E-state index contributed by atoms with van der Waals surface area (Å²) in [6.45, 7) is 2.23. The summed E-state index contributed by atoms with van der Waals surface area (Å²) in [5.41, 5.74) is 5.74. The van der Waals surface area contributed by atoms with Crippen LogP contribution in [0.4, 0.5) is 24.9 Å². The van der Waals surface area contributed by atoms with E-state index in [4.69, 9.17) is 5.73 Å². The molecule has 0 bridgehead atoms. The molecule has 1 aromatic heterocycles. The van der Waals surface area contributed by atoms with Crippen molar-refractivity contribution in [2.24, 2.45) is 0 Å². The summed E-state index contributed by atoms with van der Waals surface area (Å²) in [5, 5.41) is 0. The number of nitrogens with two attached hydrogens (primary N) is 1. The summed E-state index contributed by atoms with van der Waals surface area (Å²) in [6, 6.07) is 1.71. The first-order valence-corrected chi connectivity index (χ1v) is 5.48. The minimum absolute atomic E-state index is 0.0353. The van der Waals surface area contributed by atoms with Crippen LogP contribution in [-0.4, -0.2) is 29.2 Å². The Kier molecular flexibility index (Phi) is 3.14. The van der Waals surface area contributed by atoms with Crippen molar-refractivity contribution in [3.8, 4) is 0 Å². The van der Waals surface area contributed by atoms with Gasteiger partial charge in [-0.05, 0) is 13.3 Å². The minimum Gasteiger partial charge on any atom is -0.368 e. The molecule has 2 N–H and O–H groups in total. The molecule has 7 heteroatoms. The molecule has 0 amide bonds. The van der Waals surface area contributed by atoms with Crippen molar-refractivity contribution in [3.05, 3.63) is 23.4 Å². The minimum atomic E-state index is -4.23. The maximum Gasteiger partial charge on any atom is 0.412 e. The molecule has 0 spiro atoms. The van der Waals surface area contributed by atoms with Crippen LogP contribution in [0.3, 0.4) is 0 Å². The Morgan fingerprint density at radius 2 is 2.06 bits per heavy atom. The molecule has 1 aliphatic rings. The lowest BCUT2D eigenvalue weighted by Gasteiger charge is -2.28. The maximum absolute atomic E-state index is 12.5. The Morgan fingerprint density at radius 3 is 2.56 bits per heavy atom. The predicted octanol–water partition coefficient (Wildman–Crippen LogP) is 2.07. The van der Waals surface area contributed by atoms with E-state index in [0.29, 0.717) is 11.5 Å². The predicted molar refractivity (Wildman–Crippen MR) is 62.1 cm³/mol. The van der Waals surface area contributed by atoms with Crippen molar-refractivity contribution >= 4 is 11.8 Å². The molecule has 1 aromatic rings. The van der Waals surface area contributed by atoms with Gasteiger partial charge in [-0.3, -0.25) is 0 Å². The highest BCUT2D eigenvalue weighted by atomic mass is 19.4. The van der Waals surface area contributed by atoms with Crippen molar-refractivity contribution in [3.63, 3.8) is 0 Å². The van der Waals surface area contributed by atoms with E-state index in [-0.39, 0.29) is 25.5 Å². The Bertz CT molecular complexity index is 461. The van der Waals surface area contributed by atoms with Crippen LogP contribution in [0, 0.1) is 6.92 Å². The Morgan fingerprint density at radius 1 is 1.33 bits per heavy atom. The van der Waals surface area contributed by atoms with E-state index in [1.807, 2.05) is 0 Å². The van der Waals surface area contributed by atoms with Gasteiger partial charge in [-0.15, -0.1) is 0 Å². The zero-order valence-electron chi connectivity index (χ0n) is 9.83. The molecule has 4 nitrogen and oxygen atoms in total. The maximum atomic E-state index is 12.5. The fourth-order valence-corrected chi connectivity index (χ4v) is 1.87. The summed E-state index contributed by atoms with van der Waals surface area (Å²) < 4.78 is 37.4. The molecule has 0 radical (unpaired) electrons. The Balaban J connectivity index is 2.17. The van der Waals surface area contributed by atoms with Gasteiger partial charge >= 0.3 is 6.18 Å². The highest BCUT2D eigenvalue weighted by Crippen LogP contribution is 2.31. The van der Waals surface area contributed by atoms with Crippen molar-refractivity contribution < 1.29 is 13.2 Å². The third-order valence-corrected chi connectivity index (χ3v) is 2.76. The van der Waals surface area contributed by atoms with E-state index in [1.165, 1.54) is 6.08 Å². The third-order valence-electron chi connectivity index (χ3n) is 2.76. The average molecular weight is 258 g/mol. The number of nitrogen functional groups attached to an aromatic ring is 1. The number of alkyl halides is 3. The molecule has 0 saturated heterocycles. The van der Waals surface area contributed by atoms with Crippen molar-refractivity contribution in [1.82, 2.24) is 9.97 Å². The number of rotatable bonds is 1. The second kappa shape index (κ2) is 4.47. The number of hydrogen-bond acceptors (Lipinski definition) is 4. The summed E-state index contributed by atoms with van der Waals surface area (Å²) in [7, 11) is 0. The van der Waals surface area contributed by atoms with Crippen molar-refractivity contribution in [2.75, 3.05) is 23.7 Å². The van der Waals surface area contributed by atoms with Gasteiger partial charge in [-0.2, -0.15) is 18.2 Å². The van der Waals surface area contributed by atoms with Crippen LogP contribution in [0.15, 0.2) is 17.7 Å². The molecule has 0 fully saturated rings. The van der Waals surface area contributed by atoms with Gasteiger partial charge in [0.15, 0.2) is 0 Å². The SMILES string of the molecule is Cc1cc(N2CC=C(C(F)(F)F)CC2)nc(N)n1. The normalized spacial score (nSPS) is 16.7. The summed E-state index contributed by atoms with van der Waals surface area (Å²) >= 11 is 0. The second-order valence-corrected chi connectivity index (χ2v) is 4.15. The number of aryl methyl sites for hydroxylation is 1. The third kappa shape index (κ3) is 2.72. The Hall–Kier alpha value is -1.79. The summed E-state index contributed by atoms with van der Waals surface area (Å²) in [6.07, 6.45) is -3.07. The molecule has 0 atom stereocenters. The van der Waals surface area contributed by atoms with Crippen LogP contribution in [0.1, 0.15) is 12.1 Å². The van der Waals surface area contributed by atoms with E-state index in [2.05, 4.69) is 9.97 Å². The Labute approximate surface area is 102 Å². The van der Waals surface area contributed by atoms with Crippen molar-refractivity contribution in [1.29, 1.82) is 0 Å². The quantitative estimate of drug-likeness (QED) is 0.783. The number of nitrogens with zero attached hydrogens (tertiary/aromatic N) is 3. The lowest BCUT2D eigenvalue weighted by molar-refractivity contribution is -0.0944. The van der Waals surface area contributed by atoms with E-state index in [0.717, 1.165) is 0 Å². The molecule has 0 unspecified atom stereocenters. The molecule has 2 rings (SSSR count). The highest BCUT2D eigenvalue weighted by molar-refractivity contribution is 5.45. The number of halogens is 3. The lowest BCUT2D eigenvalue weighted by Crippen LogP contribution is -2.32. The molecule has 0 aliphatic carbocycles. The van der Waals surface area contributed by atoms with Gasteiger partial charge in [0, 0.05) is 30.4 Å². The monoisotopic (exact) mass is 258 g/mol. The van der Waals surface area contributed by atoms with Crippen LogP contribution < -0.4 is 10.6 Å². The van der Waals surface area contributed by atoms with Crippen LogP contribution >= 0.6 is 0 Å². The van der Waals surface area contributed by atoms with Gasteiger partial charge in [-0.25, -0.2) is 4.98 Å².